The molecule has 0 aliphatic carbocycles. The molecule has 0 aliphatic heterocycles. The van der Waals surface area contributed by atoms with E-state index in [1.807, 2.05) is 43.3 Å². The third-order valence-corrected chi connectivity index (χ3v) is 6.20. The van der Waals surface area contributed by atoms with Crippen LogP contribution in [0, 0.1) is 0 Å². The van der Waals surface area contributed by atoms with E-state index >= 15 is 0 Å². The van der Waals surface area contributed by atoms with E-state index in [1.165, 1.54) is 3.97 Å². The molecule has 1 aromatic heterocycles. The molecule has 2 aromatic carbocycles. The Labute approximate surface area is 160 Å². The van der Waals surface area contributed by atoms with Gasteiger partial charge in [0.05, 0.1) is 11.0 Å². The summed E-state index contributed by atoms with van der Waals surface area (Å²) in [6, 6.07) is 19.7. The molecule has 3 aromatic rings. The number of aliphatic hydroxyl groups is 1. The molecule has 0 aliphatic rings. The average Bonchev–Trinajstić information content (AvgIpc) is 3.20. The summed E-state index contributed by atoms with van der Waals surface area (Å²) in [6.07, 6.45) is 2.66. The highest BCUT2D eigenvalue weighted by Gasteiger charge is 2.18. The standard InChI is InChI=1S/C21H24N2O3S/c1-17(14-22-15-21(24)18-8-4-2-5-9-18)19-12-13-23(16-19)27(25,26)20-10-6-3-7-11-20/h2-13,16-17,21-22,24H,14-15H2,1H3. The van der Waals surface area contributed by atoms with Crippen LogP contribution < -0.4 is 5.32 Å². The Hall–Kier alpha value is -2.41. The minimum atomic E-state index is -3.57. The van der Waals surface area contributed by atoms with E-state index < -0.39 is 16.1 Å². The molecule has 2 unspecified atom stereocenters. The fraction of sp³-hybridized carbons (Fsp3) is 0.238. The number of nitrogens with zero attached hydrogens (tertiary/aromatic N) is 1. The number of benzene rings is 2. The van der Waals surface area contributed by atoms with Gasteiger partial charge in [0.15, 0.2) is 0 Å². The van der Waals surface area contributed by atoms with Gasteiger partial charge in [-0.1, -0.05) is 55.5 Å². The Morgan fingerprint density at radius 3 is 2.22 bits per heavy atom. The van der Waals surface area contributed by atoms with Gasteiger partial charge >= 0.3 is 0 Å². The smallest absolute Gasteiger partial charge is 0.267 e. The van der Waals surface area contributed by atoms with Crippen molar-refractivity contribution in [3.8, 4) is 0 Å². The number of rotatable bonds is 8. The van der Waals surface area contributed by atoms with Gasteiger partial charge in [-0.3, -0.25) is 0 Å². The first-order valence-corrected chi connectivity index (χ1v) is 10.3. The van der Waals surface area contributed by atoms with Crippen molar-refractivity contribution in [1.82, 2.24) is 9.29 Å². The highest BCUT2D eigenvalue weighted by molar-refractivity contribution is 7.90. The van der Waals surface area contributed by atoms with Crippen LogP contribution in [0.3, 0.4) is 0 Å². The maximum Gasteiger partial charge on any atom is 0.267 e. The molecule has 6 heteroatoms. The molecule has 3 rings (SSSR count). The molecule has 0 spiro atoms. The SMILES string of the molecule is CC(CNCC(O)c1ccccc1)c1ccn(S(=O)(=O)c2ccccc2)c1. The van der Waals surface area contributed by atoms with Crippen LogP contribution in [0.25, 0.3) is 0 Å². The second-order valence-corrected chi connectivity index (χ2v) is 8.42. The zero-order chi connectivity index (χ0) is 19.3. The van der Waals surface area contributed by atoms with E-state index in [2.05, 4.69) is 5.32 Å². The summed E-state index contributed by atoms with van der Waals surface area (Å²) in [6.45, 7) is 3.10. The third kappa shape index (κ3) is 4.66. The molecule has 0 fully saturated rings. The van der Waals surface area contributed by atoms with Crippen LogP contribution in [0.15, 0.2) is 84.0 Å². The van der Waals surface area contributed by atoms with Crippen molar-refractivity contribution in [3.63, 3.8) is 0 Å². The van der Waals surface area contributed by atoms with E-state index in [4.69, 9.17) is 0 Å². The number of hydrogen-bond donors (Lipinski definition) is 2. The van der Waals surface area contributed by atoms with Gasteiger partial charge in [-0.05, 0) is 35.2 Å². The monoisotopic (exact) mass is 384 g/mol. The summed E-state index contributed by atoms with van der Waals surface area (Å²) in [7, 11) is -3.57. The fourth-order valence-corrected chi connectivity index (χ4v) is 4.12. The average molecular weight is 385 g/mol. The number of hydrogen-bond acceptors (Lipinski definition) is 4. The van der Waals surface area contributed by atoms with Gasteiger partial charge in [0.2, 0.25) is 0 Å². The van der Waals surface area contributed by atoms with Crippen molar-refractivity contribution < 1.29 is 13.5 Å². The van der Waals surface area contributed by atoms with Crippen molar-refractivity contribution in [2.24, 2.45) is 0 Å². The van der Waals surface area contributed by atoms with Gasteiger partial charge in [-0.15, -0.1) is 0 Å². The van der Waals surface area contributed by atoms with E-state index in [1.54, 1.807) is 42.7 Å². The van der Waals surface area contributed by atoms with Crippen LogP contribution in [0.4, 0.5) is 0 Å². The molecule has 0 saturated carbocycles. The Balaban J connectivity index is 1.59. The zero-order valence-corrected chi connectivity index (χ0v) is 16.0. The maximum atomic E-state index is 12.6. The maximum absolute atomic E-state index is 12.6. The Morgan fingerprint density at radius 2 is 1.56 bits per heavy atom. The van der Waals surface area contributed by atoms with Crippen LogP contribution in [0.5, 0.6) is 0 Å². The molecule has 142 valence electrons. The summed E-state index contributed by atoms with van der Waals surface area (Å²) in [5.41, 5.74) is 1.80. The van der Waals surface area contributed by atoms with Gasteiger partial charge in [0.1, 0.15) is 0 Å². The molecule has 5 nitrogen and oxygen atoms in total. The lowest BCUT2D eigenvalue weighted by Crippen LogP contribution is -2.25. The first kappa shape index (κ1) is 19.4. The Kier molecular flexibility index (Phi) is 6.11. The zero-order valence-electron chi connectivity index (χ0n) is 15.2. The van der Waals surface area contributed by atoms with Gasteiger partial charge in [-0.2, -0.15) is 0 Å². The van der Waals surface area contributed by atoms with Gasteiger partial charge in [-0.25, -0.2) is 12.4 Å². The summed E-state index contributed by atoms with van der Waals surface area (Å²) in [5, 5.41) is 13.4. The molecule has 2 atom stereocenters. The Morgan fingerprint density at radius 1 is 0.926 bits per heavy atom. The first-order chi connectivity index (χ1) is 13.0. The van der Waals surface area contributed by atoms with Crippen LogP contribution in [-0.4, -0.2) is 30.6 Å². The Bertz CT molecular complexity index is 953. The van der Waals surface area contributed by atoms with Crippen LogP contribution in [0.1, 0.15) is 30.1 Å². The predicted molar refractivity (Wildman–Crippen MR) is 106 cm³/mol. The highest BCUT2D eigenvalue weighted by atomic mass is 32.2. The quantitative estimate of drug-likeness (QED) is 0.626. The number of nitrogens with one attached hydrogen (secondary N) is 1. The lowest BCUT2D eigenvalue weighted by Gasteiger charge is -2.15. The van der Waals surface area contributed by atoms with Crippen LogP contribution in [0.2, 0.25) is 0 Å². The summed E-state index contributed by atoms with van der Waals surface area (Å²) < 4.78 is 26.5. The van der Waals surface area contributed by atoms with E-state index in [0.29, 0.717) is 13.1 Å². The van der Waals surface area contributed by atoms with E-state index in [9.17, 15) is 13.5 Å². The second-order valence-electron chi connectivity index (χ2n) is 6.58. The first-order valence-electron chi connectivity index (χ1n) is 8.90. The van der Waals surface area contributed by atoms with Gasteiger partial charge in [0.25, 0.3) is 10.0 Å². The summed E-state index contributed by atoms with van der Waals surface area (Å²) >= 11 is 0. The summed E-state index contributed by atoms with van der Waals surface area (Å²) in [5.74, 6) is 0.111. The molecule has 0 saturated heterocycles. The molecule has 0 radical (unpaired) electrons. The lowest BCUT2D eigenvalue weighted by molar-refractivity contribution is 0.174. The van der Waals surface area contributed by atoms with Crippen LogP contribution in [-0.2, 0) is 10.0 Å². The van der Waals surface area contributed by atoms with Crippen molar-refractivity contribution in [1.29, 1.82) is 0 Å². The molecule has 0 bridgehead atoms. The minimum absolute atomic E-state index is 0.111. The second kappa shape index (κ2) is 8.52. The van der Waals surface area contributed by atoms with Crippen molar-refractivity contribution in [3.05, 3.63) is 90.3 Å². The van der Waals surface area contributed by atoms with Crippen molar-refractivity contribution in [2.75, 3.05) is 13.1 Å². The lowest BCUT2D eigenvalue weighted by atomic mass is 10.0. The van der Waals surface area contributed by atoms with Crippen LogP contribution >= 0.6 is 0 Å². The molecule has 2 N–H and O–H groups in total. The van der Waals surface area contributed by atoms with E-state index in [-0.39, 0.29) is 10.8 Å². The highest BCUT2D eigenvalue weighted by Crippen LogP contribution is 2.20. The third-order valence-electron chi connectivity index (χ3n) is 4.55. The largest absolute Gasteiger partial charge is 0.387 e. The fourth-order valence-electron chi connectivity index (χ4n) is 2.90. The topological polar surface area (TPSA) is 71.3 Å². The van der Waals surface area contributed by atoms with Crippen molar-refractivity contribution >= 4 is 10.0 Å². The van der Waals surface area contributed by atoms with Crippen molar-refractivity contribution in [2.45, 2.75) is 23.8 Å². The molecule has 0 amide bonds. The molecule has 27 heavy (non-hydrogen) atoms. The number of aromatic nitrogens is 1. The molecular formula is C21H24N2O3S. The predicted octanol–water partition coefficient (Wildman–Crippen LogP) is 3.15. The van der Waals surface area contributed by atoms with Gasteiger partial charge in [0, 0.05) is 25.5 Å². The minimum Gasteiger partial charge on any atom is -0.387 e. The molecule has 1 heterocycles. The number of aliphatic hydroxyl groups excluding tert-OH is 1. The normalized spacial score (nSPS) is 14.0. The summed E-state index contributed by atoms with van der Waals surface area (Å²) in [4.78, 5) is 0.268. The van der Waals surface area contributed by atoms with E-state index in [0.717, 1.165) is 11.1 Å². The van der Waals surface area contributed by atoms with Gasteiger partial charge < -0.3 is 10.4 Å². The molecular weight excluding hydrogens is 360 g/mol.